The van der Waals surface area contributed by atoms with Gasteiger partial charge in [0.05, 0.1) is 12.3 Å². The van der Waals surface area contributed by atoms with Gasteiger partial charge in [-0.1, -0.05) is 42.5 Å². The summed E-state index contributed by atoms with van der Waals surface area (Å²) in [6.45, 7) is 4.00. The summed E-state index contributed by atoms with van der Waals surface area (Å²) >= 11 is 5.35. The van der Waals surface area contributed by atoms with E-state index in [4.69, 9.17) is 17.6 Å². The minimum atomic E-state index is -4.78. The molecule has 0 amide bonds. The van der Waals surface area contributed by atoms with Crippen LogP contribution in [0.1, 0.15) is 45.9 Å². The Hall–Kier alpha value is -3.76. The van der Waals surface area contributed by atoms with E-state index in [2.05, 4.69) is 20.6 Å². The first-order valence-corrected chi connectivity index (χ1v) is 12.3. The van der Waals surface area contributed by atoms with Gasteiger partial charge >= 0.3 is 6.36 Å². The number of aryl methyl sites for hydroxylation is 3. The van der Waals surface area contributed by atoms with Gasteiger partial charge in [-0.2, -0.15) is 5.10 Å². The van der Waals surface area contributed by atoms with Crippen molar-refractivity contribution in [2.45, 2.75) is 39.2 Å². The number of hydrogen-bond acceptors (Lipinski definition) is 5. The third-order valence-electron chi connectivity index (χ3n) is 6.45. The Bertz CT molecular complexity index is 1350. The quantitative estimate of drug-likeness (QED) is 0.170. The number of hydrazone groups is 1. The van der Waals surface area contributed by atoms with Crippen molar-refractivity contribution in [3.63, 3.8) is 0 Å². The maximum Gasteiger partial charge on any atom is 0.573 e. The van der Waals surface area contributed by atoms with Crippen molar-refractivity contribution in [2.24, 2.45) is 11.0 Å². The van der Waals surface area contributed by atoms with Crippen LogP contribution < -0.4 is 15.5 Å². The van der Waals surface area contributed by atoms with Gasteiger partial charge in [-0.05, 0) is 90.5 Å². The van der Waals surface area contributed by atoms with Gasteiger partial charge in [0.1, 0.15) is 5.75 Å². The second-order valence-electron chi connectivity index (χ2n) is 9.13. The lowest BCUT2D eigenvalue weighted by molar-refractivity contribution is -0.274. The number of hydrogen-bond donors (Lipinski definition) is 4. The molecule has 0 radical (unpaired) electrons. The molecule has 0 heterocycles. The van der Waals surface area contributed by atoms with E-state index in [0.717, 1.165) is 45.6 Å². The Labute approximate surface area is 224 Å². The Balaban J connectivity index is 1.38. The number of benzene rings is 3. The fourth-order valence-electron chi connectivity index (χ4n) is 4.55. The highest BCUT2D eigenvalue weighted by molar-refractivity contribution is 7.80. The van der Waals surface area contributed by atoms with Gasteiger partial charge in [-0.3, -0.25) is 5.43 Å². The van der Waals surface area contributed by atoms with E-state index < -0.39 is 18.4 Å². The van der Waals surface area contributed by atoms with Crippen LogP contribution in [0, 0.1) is 25.2 Å². The van der Waals surface area contributed by atoms with Gasteiger partial charge in [0.15, 0.2) is 5.11 Å². The second kappa shape index (κ2) is 11.3. The van der Waals surface area contributed by atoms with E-state index in [1.807, 2.05) is 50.2 Å². The molecule has 2 atom stereocenters. The molecule has 2 unspecified atom stereocenters. The zero-order chi connectivity index (χ0) is 27.4. The van der Waals surface area contributed by atoms with Crippen molar-refractivity contribution in [2.75, 3.05) is 5.32 Å². The lowest BCUT2D eigenvalue weighted by Gasteiger charge is -2.30. The summed E-state index contributed by atoms with van der Waals surface area (Å²) in [6, 6.07) is 16.7. The molecule has 3 aromatic rings. The lowest BCUT2D eigenvalue weighted by Crippen LogP contribution is -2.28. The minimum Gasteiger partial charge on any atom is -0.406 e. The third-order valence-corrected chi connectivity index (χ3v) is 6.64. The van der Waals surface area contributed by atoms with E-state index in [9.17, 15) is 18.3 Å². The fourth-order valence-corrected chi connectivity index (χ4v) is 4.71. The molecule has 3 aromatic carbocycles. The van der Waals surface area contributed by atoms with Gasteiger partial charge < -0.3 is 20.6 Å². The van der Waals surface area contributed by atoms with Crippen molar-refractivity contribution < 1.29 is 23.0 Å². The normalized spacial score (nSPS) is 16.2. The predicted molar refractivity (Wildman–Crippen MR) is 146 cm³/mol. The van der Waals surface area contributed by atoms with Crippen LogP contribution in [0.5, 0.6) is 5.75 Å². The van der Waals surface area contributed by atoms with E-state index in [1.165, 1.54) is 12.1 Å². The SMILES string of the molecule is Cc1cccc(C)c1NC(=S)NN=Cc1ccc2c(c1)CCC(C(O)c1ccc(OC(F)(F)F)cc1)C2=N. The van der Waals surface area contributed by atoms with E-state index >= 15 is 0 Å². The number of nitrogens with zero attached hydrogens (tertiary/aromatic N) is 1. The number of thiocarbonyl (C=S) groups is 1. The van der Waals surface area contributed by atoms with Crippen molar-refractivity contribution in [1.82, 2.24) is 5.43 Å². The molecular weight excluding hydrogens is 513 g/mol. The Morgan fingerprint density at radius 3 is 2.47 bits per heavy atom. The molecule has 0 aliphatic heterocycles. The summed E-state index contributed by atoms with van der Waals surface area (Å²) in [5.41, 5.74) is 9.16. The standard InChI is InChI=1S/C28H27F3N4O2S/c1-16-4-3-5-17(2)25(16)34-27(38)35-33-15-18-6-12-22-20(14-18)9-13-23(24(22)32)26(36)19-7-10-21(11-8-19)37-28(29,30)31/h3-8,10-12,14-15,23,26,32,36H,9,13H2,1-2H3,(H2,34,35,38). The molecule has 0 bridgehead atoms. The highest BCUT2D eigenvalue weighted by Crippen LogP contribution is 2.35. The van der Waals surface area contributed by atoms with Gasteiger partial charge in [0.2, 0.25) is 0 Å². The zero-order valence-corrected chi connectivity index (χ0v) is 21.6. The monoisotopic (exact) mass is 540 g/mol. The van der Waals surface area contributed by atoms with Crippen LogP contribution in [-0.2, 0) is 6.42 Å². The zero-order valence-electron chi connectivity index (χ0n) is 20.8. The van der Waals surface area contributed by atoms with Crippen molar-refractivity contribution in [1.29, 1.82) is 5.41 Å². The first kappa shape index (κ1) is 27.3. The van der Waals surface area contributed by atoms with E-state index in [1.54, 1.807) is 6.21 Å². The number of para-hydroxylation sites is 1. The molecule has 10 heteroatoms. The smallest absolute Gasteiger partial charge is 0.406 e. The summed E-state index contributed by atoms with van der Waals surface area (Å²) < 4.78 is 41.1. The van der Waals surface area contributed by atoms with Gasteiger partial charge in [0.25, 0.3) is 0 Å². The maximum atomic E-state index is 12.4. The molecule has 0 saturated carbocycles. The molecule has 6 nitrogen and oxygen atoms in total. The first-order valence-electron chi connectivity index (χ1n) is 11.9. The number of halogens is 3. The van der Waals surface area contributed by atoms with Gasteiger partial charge in [0, 0.05) is 17.3 Å². The number of nitrogens with one attached hydrogen (secondary N) is 3. The third kappa shape index (κ3) is 6.56. The molecule has 0 spiro atoms. The van der Waals surface area contributed by atoms with Crippen LogP contribution in [0.3, 0.4) is 0 Å². The molecule has 4 N–H and O–H groups in total. The van der Waals surface area contributed by atoms with Gasteiger partial charge in [-0.25, -0.2) is 0 Å². The molecule has 0 fully saturated rings. The number of aliphatic hydroxyl groups is 1. The van der Waals surface area contributed by atoms with Crippen LogP contribution in [0.15, 0.2) is 65.8 Å². The summed E-state index contributed by atoms with van der Waals surface area (Å²) in [7, 11) is 0. The summed E-state index contributed by atoms with van der Waals surface area (Å²) in [4.78, 5) is 0. The number of anilines is 1. The largest absolute Gasteiger partial charge is 0.573 e. The second-order valence-corrected chi connectivity index (χ2v) is 9.54. The Morgan fingerprint density at radius 2 is 1.82 bits per heavy atom. The van der Waals surface area contributed by atoms with Crippen LogP contribution in [0.4, 0.5) is 18.9 Å². The molecule has 4 rings (SSSR count). The number of ether oxygens (including phenoxy) is 1. The molecule has 38 heavy (non-hydrogen) atoms. The molecule has 0 saturated heterocycles. The molecule has 0 aromatic heterocycles. The van der Waals surface area contributed by atoms with Crippen LogP contribution in [0.2, 0.25) is 0 Å². The topological polar surface area (TPSA) is 89.7 Å². The Morgan fingerprint density at radius 1 is 1.13 bits per heavy atom. The van der Waals surface area contributed by atoms with E-state index in [-0.39, 0.29) is 11.5 Å². The van der Waals surface area contributed by atoms with Crippen molar-refractivity contribution in [3.8, 4) is 5.75 Å². The number of aliphatic hydroxyl groups excluding tert-OH is 1. The van der Waals surface area contributed by atoms with E-state index in [0.29, 0.717) is 23.5 Å². The van der Waals surface area contributed by atoms with Crippen LogP contribution in [-0.4, -0.2) is 28.5 Å². The van der Waals surface area contributed by atoms with Crippen LogP contribution in [0.25, 0.3) is 0 Å². The number of rotatable bonds is 6. The average Bonchev–Trinajstić information content (AvgIpc) is 2.86. The minimum absolute atomic E-state index is 0.287. The number of alkyl halides is 3. The maximum absolute atomic E-state index is 12.4. The summed E-state index contributed by atoms with van der Waals surface area (Å²) in [6.07, 6.45) is -3.00. The van der Waals surface area contributed by atoms with Crippen LogP contribution >= 0.6 is 12.2 Å². The molecule has 198 valence electrons. The first-order chi connectivity index (χ1) is 18.0. The van der Waals surface area contributed by atoms with Gasteiger partial charge in [-0.15, -0.1) is 13.2 Å². The highest BCUT2D eigenvalue weighted by atomic mass is 32.1. The predicted octanol–water partition coefficient (Wildman–Crippen LogP) is 6.19. The fraction of sp³-hybridized carbons (Fsp3) is 0.250. The molecule has 1 aliphatic rings. The van der Waals surface area contributed by atoms with Crippen molar-refractivity contribution >= 4 is 34.9 Å². The number of fused-ring (bicyclic) bond motifs is 1. The molecular formula is C28H27F3N4O2S. The molecule has 1 aliphatic carbocycles. The summed E-state index contributed by atoms with van der Waals surface area (Å²) in [5.74, 6) is -0.838. The Kier molecular flexibility index (Phi) is 8.13. The average molecular weight is 541 g/mol. The van der Waals surface area contributed by atoms with Crippen molar-refractivity contribution in [3.05, 3.63) is 94.0 Å². The highest BCUT2D eigenvalue weighted by Gasteiger charge is 2.32. The summed E-state index contributed by atoms with van der Waals surface area (Å²) in [5, 5.41) is 27.3. The lowest BCUT2D eigenvalue weighted by atomic mass is 9.77.